The van der Waals surface area contributed by atoms with Gasteiger partial charge in [-0.1, -0.05) is 37.3 Å². The molecule has 0 saturated carbocycles. The van der Waals surface area contributed by atoms with Crippen molar-refractivity contribution in [1.82, 2.24) is 16.0 Å². The predicted octanol–water partition coefficient (Wildman–Crippen LogP) is 6.71. The Labute approximate surface area is 254 Å². The van der Waals surface area contributed by atoms with Gasteiger partial charge < -0.3 is 31.9 Å². The zero-order chi connectivity index (χ0) is 30.6. The number of hydrogen-bond acceptors (Lipinski definition) is 7. The first-order valence-electron chi connectivity index (χ1n) is 14.5. The molecule has 9 heteroatoms. The molecule has 0 radical (unpaired) electrons. The number of nitrogen functional groups attached to an aromatic ring is 1. The smallest absolute Gasteiger partial charge is 0.407 e. The summed E-state index contributed by atoms with van der Waals surface area (Å²) >= 11 is 0. The quantitative estimate of drug-likeness (QED) is 0.135. The lowest BCUT2D eigenvalue weighted by Crippen LogP contribution is -2.34. The van der Waals surface area contributed by atoms with Crippen LogP contribution in [0, 0.1) is 32.6 Å². The molecule has 0 fully saturated rings. The van der Waals surface area contributed by atoms with Gasteiger partial charge in [0.05, 0.1) is 24.4 Å². The van der Waals surface area contributed by atoms with E-state index in [1.807, 2.05) is 63.5 Å². The molecule has 1 aromatic heterocycles. The molecule has 1 aliphatic carbocycles. The number of anilines is 2. The average molecular weight is 588 g/mol. The van der Waals surface area contributed by atoms with E-state index in [9.17, 15) is 14.7 Å². The van der Waals surface area contributed by atoms with E-state index in [1.54, 1.807) is 13.1 Å². The van der Waals surface area contributed by atoms with E-state index in [0.717, 1.165) is 39.1 Å². The highest BCUT2D eigenvalue weighted by atomic mass is 16.5. The van der Waals surface area contributed by atoms with Crippen LogP contribution in [0.15, 0.2) is 54.9 Å². The van der Waals surface area contributed by atoms with Gasteiger partial charge in [0, 0.05) is 44.4 Å². The molecule has 1 aliphatic rings. The molecule has 1 amide bonds. The molecule has 3 aromatic rings. The molecule has 0 bridgehead atoms. The Morgan fingerprint density at radius 2 is 1.88 bits per heavy atom. The van der Waals surface area contributed by atoms with Crippen molar-refractivity contribution in [1.29, 1.82) is 0 Å². The van der Waals surface area contributed by atoms with Gasteiger partial charge in [-0.15, -0.1) is 0 Å². The van der Waals surface area contributed by atoms with Crippen molar-refractivity contribution in [3.8, 4) is 0 Å². The number of nitrogens with zero attached hydrogens (tertiary/aromatic N) is 2. The summed E-state index contributed by atoms with van der Waals surface area (Å²) in [7, 11) is 1.82. The number of carbonyl (C=O) groups excluding carboxylic acids is 1. The standard InChI is InChI=1S/C34H42N4O4.H3N/c1-7-42-32(39)16-28(26-10-11-31(36-6)33(35)23(26)5)24-9-8-20(2)25(14-24)19-38(34(40)41)18-22(4)27-15-29(27)30-17-37-13-12-21(30)3;/h8-15,17,22,27-28,36H,7,16,18-19,35H2,1-6H3,(H,40,41);1H3/t22-,27?,28?;/m1./s1. The molecule has 1 heterocycles. The number of carboxylic acid groups (broad SMARTS) is 1. The number of allylic oxidation sites excluding steroid dienone is 2. The van der Waals surface area contributed by atoms with Gasteiger partial charge in [0.2, 0.25) is 0 Å². The van der Waals surface area contributed by atoms with E-state index in [1.165, 1.54) is 16.0 Å². The fraction of sp³-hybridized carbons (Fsp3) is 0.382. The number of ether oxygens (including phenoxy) is 1. The summed E-state index contributed by atoms with van der Waals surface area (Å²) in [6.45, 7) is 10.8. The third-order valence-corrected chi connectivity index (χ3v) is 8.37. The Bertz CT molecular complexity index is 1500. The van der Waals surface area contributed by atoms with Crippen molar-refractivity contribution in [3.05, 3.63) is 93.8 Å². The summed E-state index contributed by atoms with van der Waals surface area (Å²) in [5, 5.41) is 13.3. The van der Waals surface area contributed by atoms with E-state index in [0.29, 0.717) is 18.8 Å². The van der Waals surface area contributed by atoms with Crippen molar-refractivity contribution in [3.63, 3.8) is 0 Å². The second kappa shape index (κ2) is 14.2. The molecule has 3 atom stereocenters. The third-order valence-electron chi connectivity index (χ3n) is 8.37. The molecular weight excluding hydrogens is 542 g/mol. The van der Waals surface area contributed by atoms with Crippen molar-refractivity contribution < 1.29 is 19.4 Å². The molecule has 43 heavy (non-hydrogen) atoms. The van der Waals surface area contributed by atoms with Crippen LogP contribution < -0.4 is 17.2 Å². The van der Waals surface area contributed by atoms with Crippen molar-refractivity contribution in [2.75, 3.05) is 31.2 Å². The summed E-state index contributed by atoms with van der Waals surface area (Å²) < 4.78 is 5.32. The van der Waals surface area contributed by atoms with Gasteiger partial charge in [0.1, 0.15) is 0 Å². The summed E-state index contributed by atoms with van der Waals surface area (Å²) in [5.41, 5.74) is 16.1. The maximum absolute atomic E-state index is 12.7. The van der Waals surface area contributed by atoms with Gasteiger partial charge in [-0.25, -0.2) is 4.79 Å². The lowest BCUT2D eigenvalue weighted by atomic mass is 9.84. The molecule has 4 rings (SSSR count). The first-order chi connectivity index (χ1) is 20.0. The Kier molecular flexibility index (Phi) is 10.9. The highest BCUT2D eigenvalue weighted by Crippen LogP contribution is 2.44. The van der Waals surface area contributed by atoms with Crippen LogP contribution >= 0.6 is 0 Å². The number of pyridine rings is 1. The van der Waals surface area contributed by atoms with E-state index in [-0.39, 0.29) is 42.8 Å². The van der Waals surface area contributed by atoms with Gasteiger partial charge in [0.25, 0.3) is 0 Å². The van der Waals surface area contributed by atoms with Gasteiger partial charge in [-0.3, -0.25) is 9.78 Å². The van der Waals surface area contributed by atoms with Crippen LogP contribution in [0.4, 0.5) is 16.2 Å². The van der Waals surface area contributed by atoms with Crippen LogP contribution in [-0.2, 0) is 16.1 Å². The third kappa shape index (κ3) is 7.53. The Morgan fingerprint density at radius 3 is 2.53 bits per heavy atom. The summed E-state index contributed by atoms with van der Waals surface area (Å²) in [6, 6.07) is 12.0. The Balaban J connectivity index is 0.00000506. The van der Waals surface area contributed by atoms with Crippen LogP contribution in [-0.4, -0.2) is 47.3 Å². The van der Waals surface area contributed by atoms with E-state index in [4.69, 9.17) is 10.5 Å². The molecule has 0 saturated heterocycles. The molecule has 9 nitrogen and oxygen atoms in total. The van der Waals surface area contributed by atoms with Crippen LogP contribution in [0.5, 0.6) is 0 Å². The molecule has 0 spiro atoms. The van der Waals surface area contributed by atoms with Crippen LogP contribution in [0.1, 0.15) is 65.1 Å². The number of hydrogen-bond donors (Lipinski definition) is 4. The fourth-order valence-electron chi connectivity index (χ4n) is 5.74. The second-order valence-electron chi connectivity index (χ2n) is 11.2. The topological polar surface area (TPSA) is 153 Å². The first-order valence-corrected chi connectivity index (χ1v) is 14.5. The lowest BCUT2D eigenvalue weighted by molar-refractivity contribution is -0.143. The number of aromatic nitrogens is 1. The largest absolute Gasteiger partial charge is 0.466 e. The summed E-state index contributed by atoms with van der Waals surface area (Å²) in [4.78, 5) is 30.9. The molecule has 0 aliphatic heterocycles. The van der Waals surface area contributed by atoms with Crippen LogP contribution in [0.25, 0.3) is 5.57 Å². The Morgan fingerprint density at radius 1 is 1.14 bits per heavy atom. The number of nitrogens with one attached hydrogen (secondary N) is 1. The number of rotatable bonds is 12. The number of aryl methyl sites for hydroxylation is 2. The fourth-order valence-corrected chi connectivity index (χ4v) is 5.74. The van der Waals surface area contributed by atoms with Gasteiger partial charge >= 0.3 is 12.1 Å². The monoisotopic (exact) mass is 587 g/mol. The van der Waals surface area contributed by atoms with Crippen molar-refractivity contribution in [2.45, 2.75) is 53.5 Å². The maximum atomic E-state index is 12.7. The van der Waals surface area contributed by atoms with Gasteiger partial charge in [-0.05, 0) is 90.3 Å². The number of amides is 1. The van der Waals surface area contributed by atoms with E-state index >= 15 is 0 Å². The normalized spacial score (nSPS) is 15.0. The van der Waals surface area contributed by atoms with Gasteiger partial charge in [-0.2, -0.15) is 0 Å². The van der Waals surface area contributed by atoms with E-state index < -0.39 is 6.09 Å². The van der Waals surface area contributed by atoms with Crippen LogP contribution in [0.2, 0.25) is 0 Å². The highest BCUT2D eigenvalue weighted by Gasteiger charge is 2.34. The van der Waals surface area contributed by atoms with Crippen molar-refractivity contribution in [2.24, 2.45) is 11.8 Å². The molecule has 2 aromatic carbocycles. The maximum Gasteiger partial charge on any atom is 0.407 e. The Hall–Kier alpha value is -4.37. The van der Waals surface area contributed by atoms with E-state index in [2.05, 4.69) is 30.2 Å². The SMILES string of the molecule is CCOC(=O)CC(c1ccc(C)c(CN(C[C@@H](C)C2C=C2c2cnccc2C)C(=O)O)c1)c1ccc(NC)c(N)c1C.N. The highest BCUT2D eigenvalue weighted by molar-refractivity contribution is 5.82. The number of benzene rings is 2. The molecule has 2 unspecified atom stereocenters. The number of esters is 1. The summed E-state index contributed by atoms with van der Waals surface area (Å²) in [5.74, 6) is -0.246. The minimum atomic E-state index is -0.958. The van der Waals surface area contributed by atoms with Crippen molar-refractivity contribution >= 4 is 29.0 Å². The molecular formula is C34H45N5O4. The zero-order valence-electron chi connectivity index (χ0n) is 26.1. The summed E-state index contributed by atoms with van der Waals surface area (Å²) in [6.07, 6.45) is 5.06. The minimum Gasteiger partial charge on any atom is -0.466 e. The van der Waals surface area contributed by atoms with Gasteiger partial charge in [0.15, 0.2) is 0 Å². The first kappa shape index (κ1) is 33.1. The number of carbonyl (C=O) groups is 2. The average Bonchev–Trinajstić information content (AvgIpc) is 3.75. The zero-order valence-corrected chi connectivity index (χ0v) is 26.1. The number of nitrogens with two attached hydrogens (primary N) is 1. The lowest BCUT2D eigenvalue weighted by Gasteiger charge is -2.26. The van der Waals surface area contributed by atoms with Crippen LogP contribution in [0.3, 0.4) is 0 Å². The predicted molar refractivity (Wildman–Crippen MR) is 172 cm³/mol. The molecule has 230 valence electrons. The second-order valence-corrected chi connectivity index (χ2v) is 11.2. The molecule has 7 N–H and O–H groups in total. The minimum absolute atomic E-state index is 0.